The van der Waals surface area contributed by atoms with Gasteiger partial charge in [-0.1, -0.05) is 24.3 Å². The van der Waals surface area contributed by atoms with Gasteiger partial charge in [-0.15, -0.1) is 0 Å². The molecule has 3 aromatic rings. The molecule has 3 rings (SSSR count). The van der Waals surface area contributed by atoms with Crippen LogP contribution in [0.25, 0.3) is 11.0 Å². The molecule has 0 saturated heterocycles. The van der Waals surface area contributed by atoms with Gasteiger partial charge in [-0.3, -0.25) is 0 Å². The Morgan fingerprint density at radius 2 is 1.90 bits per heavy atom. The number of nitriles is 1. The maximum absolute atomic E-state index is 10.3. The predicted molar refractivity (Wildman–Crippen MR) is 75.8 cm³/mol. The van der Waals surface area contributed by atoms with Gasteiger partial charge in [-0.25, -0.2) is 4.98 Å². The molecule has 0 saturated carbocycles. The normalized spacial score (nSPS) is 12.2. The number of hydrogen-bond acceptors (Lipinski definition) is 3. The van der Waals surface area contributed by atoms with Crippen LogP contribution in [0.4, 0.5) is 0 Å². The highest BCUT2D eigenvalue weighted by Gasteiger charge is 2.10. The van der Waals surface area contributed by atoms with E-state index in [0.29, 0.717) is 12.1 Å². The quantitative estimate of drug-likeness (QED) is 0.790. The average molecular weight is 263 g/mol. The Morgan fingerprint density at radius 3 is 2.65 bits per heavy atom. The minimum absolute atomic E-state index is 0.437. The van der Waals surface area contributed by atoms with Crippen LogP contribution < -0.4 is 0 Å². The highest BCUT2D eigenvalue weighted by Crippen LogP contribution is 2.19. The first-order valence-corrected chi connectivity index (χ1v) is 6.36. The molecule has 0 bridgehead atoms. The lowest BCUT2D eigenvalue weighted by Gasteiger charge is -2.12. The summed E-state index contributed by atoms with van der Waals surface area (Å²) in [7, 11) is 0. The van der Waals surface area contributed by atoms with Crippen molar-refractivity contribution in [1.29, 1.82) is 5.26 Å². The van der Waals surface area contributed by atoms with Crippen LogP contribution in [0.1, 0.15) is 17.2 Å². The molecule has 0 aliphatic heterocycles. The van der Waals surface area contributed by atoms with E-state index < -0.39 is 6.10 Å². The average Bonchev–Trinajstić information content (AvgIpc) is 2.91. The molecule has 0 fully saturated rings. The van der Waals surface area contributed by atoms with E-state index in [1.807, 2.05) is 28.8 Å². The van der Waals surface area contributed by atoms with Crippen molar-refractivity contribution in [1.82, 2.24) is 9.55 Å². The summed E-state index contributed by atoms with van der Waals surface area (Å²) < 4.78 is 1.93. The summed E-state index contributed by atoms with van der Waals surface area (Å²) in [5.41, 5.74) is 3.30. The second kappa shape index (κ2) is 5.16. The molecular weight excluding hydrogens is 250 g/mol. The number of aromatic nitrogens is 2. The van der Waals surface area contributed by atoms with Crippen LogP contribution in [0.3, 0.4) is 0 Å². The number of aliphatic hydroxyl groups excluding tert-OH is 1. The molecule has 98 valence electrons. The van der Waals surface area contributed by atoms with Gasteiger partial charge in [0.2, 0.25) is 0 Å². The topological polar surface area (TPSA) is 61.8 Å². The maximum Gasteiger partial charge on any atom is 0.0991 e. The standard InChI is InChI=1S/C16H13N3O/c17-9-12-5-7-13(8-6-12)16(20)10-19-11-18-14-3-1-2-4-15(14)19/h1-8,11,16,20H,10H2. The lowest BCUT2D eigenvalue weighted by atomic mass is 10.1. The van der Waals surface area contributed by atoms with Gasteiger partial charge in [0.1, 0.15) is 0 Å². The minimum atomic E-state index is -0.625. The molecule has 20 heavy (non-hydrogen) atoms. The molecule has 2 aromatic carbocycles. The molecule has 0 radical (unpaired) electrons. The third kappa shape index (κ3) is 2.27. The first-order valence-electron chi connectivity index (χ1n) is 6.36. The van der Waals surface area contributed by atoms with Gasteiger partial charge in [0, 0.05) is 0 Å². The molecule has 0 aliphatic rings. The number of imidazole rings is 1. The fraction of sp³-hybridized carbons (Fsp3) is 0.125. The largest absolute Gasteiger partial charge is 0.387 e. The van der Waals surface area contributed by atoms with E-state index >= 15 is 0 Å². The van der Waals surface area contributed by atoms with Gasteiger partial charge in [0.25, 0.3) is 0 Å². The minimum Gasteiger partial charge on any atom is -0.387 e. The van der Waals surface area contributed by atoms with E-state index in [2.05, 4.69) is 11.1 Å². The van der Waals surface area contributed by atoms with Gasteiger partial charge < -0.3 is 9.67 Å². The lowest BCUT2D eigenvalue weighted by Crippen LogP contribution is -2.07. The number of rotatable bonds is 3. The van der Waals surface area contributed by atoms with Crippen LogP contribution in [0.5, 0.6) is 0 Å². The van der Waals surface area contributed by atoms with Crippen LogP contribution in [-0.2, 0) is 6.54 Å². The zero-order chi connectivity index (χ0) is 13.9. The van der Waals surface area contributed by atoms with Crippen molar-refractivity contribution in [3.05, 3.63) is 66.0 Å². The first-order chi connectivity index (χ1) is 9.78. The van der Waals surface area contributed by atoms with Gasteiger partial charge in [0.15, 0.2) is 0 Å². The fourth-order valence-electron chi connectivity index (χ4n) is 2.23. The molecule has 0 amide bonds. The van der Waals surface area contributed by atoms with E-state index in [-0.39, 0.29) is 0 Å². The monoisotopic (exact) mass is 263 g/mol. The Kier molecular flexibility index (Phi) is 3.20. The number of benzene rings is 2. The van der Waals surface area contributed by atoms with E-state index in [4.69, 9.17) is 5.26 Å². The van der Waals surface area contributed by atoms with Gasteiger partial charge in [0.05, 0.1) is 41.6 Å². The number of para-hydroxylation sites is 2. The second-order valence-electron chi connectivity index (χ2n) is 4.64. The van der Waals surface area contributed by atoms with Crippen LogP contribution >= 0.6 is 0 Å². The summed E-state index contributed by atoms with van der Waals surface area (Å²) in [6.45, 7) is 0.437. The second-order valence-corrected chi connectivity index (χ2v) is 4.64. The Hall–Kier alpha value is -2.64. The summed E-state index contributed by atoms with van der Waals surface area (Å²) in [5.74, 6) is 0. The Labute approximate surface area is 116 Å². The summed E-state index contributed by atoms with van der Waals surface area (Å²) in [4.78, 5) is 4.30. The Balaban J connectivity index is 1.84. The Bertz CT molecular complexity index is 768. The molecule has 1 aromatic heterocycles. The zero-order valence-corrected chi connectivity index (χ0v) is 10.8. The predicted octanol–water partition coefficient (Wildman–Crippen LogP) is 2.64. The van der Waals surface area contributed by atoms with Gasteiger partial charge >= 0.3 is 0 Å². The number of nitrogens with zero attached hydrogens (tertiary/aromatic N) is 3. The van der Waals surface area contributed by atoms with Crippen molar-refractivity contribution < 1.29 is 5.11 Å². The molecule has 1 atom stereocenters. The zero-order valence-electron chi connectivity index (χ0n) is 10.8. The van der Waals surface area contributed by atoms with E-state index in [0.717, 1.165) is 16.6 Å². The molecule has 0 spiro atoms. The number of aliphatic hydroxyl groups is 1. The van der Waals surface area contributed by atoms with Crippen molar-refractivity contribution >= 4 is 11.0 Å². The van der Waals surface area contributed by atoms with Crippen molar-refractivity contribution in [3.8, 4) is 6.07 Å². The first kappa shape index (κ1) is 12.4. The summed E-state index contributed by atoms with van der Waals surface area (Å²) in [5, 5.41) is 19.1. The molecule has 1 unspecified atom stereocenters. The van der Waals surface area contributed by atoms with Crippen molar-refractivity contribution in [2.24, 2.45) is 0 Å². The molecule has 0 aliphatic carbocycles. The van der Waals surface area contributed by atoms with Crippen molar-refractivity contribution in [2.45, 2.75) is 12.6 Å². The lowest BCUT2D eigenvalue weighted by molar-refractivity contribution is 0.158. The summed E-state index contributed by atoms with van der Waals surface area (Å²) in [6.07, 6.45) is 1.11. The fourth-order valence-corrected chi connectivity index (χ4v) is 2.23. The molecular formula is C16H13N3O. The number of hydrogen-bond donors (Lipinski definition) is 1. The highest BCUT2D eigenvalue weighted by molar-refractivity contribution is 5.74. The van der Waals surface area contributed by atoms with Crippen LogP contribution in [0.2, 0.25) is 0 Å². The molecule has 1 heterocycles. The van der Waals surface area contributed by atoms with E-state index in [9.17, 15) is 5.11 Å². The van der Waals surface area contributed by atoms with E-state index in [1.54, 1.807) is 30.6 Å². The summed E-state index contributed by atoms with van der Waals surface area (Å²) >= 11 is 0. The summed E-state index contributed by atoms with van der Waals surface area (Å²) in [6, 6.07) is 16.9. The smallest absolute Gasteiger partial charge is 0.0991 e. The van der Waals surface area contributed by atoms with Gasteiger partial charge in [-0.2, -0.15) is 5.26 Å². The third-order valence-electron chi connectivity index (χ3n) is 3.32. The van der Waals surface area contributed by atoms with Crippen LogP contribution in [0, 0.1) is 11.3 Å². The highest BCUT2D eigenvalue weighted by atomic mass is 16.3. The van der Waals surface area contributed by atoms with Crippen LogP contribution in [0.15, 0.2) is 54.9 Å². The molecule has 1 N–H and O–H groups in total. The maximum atomic E-state index is 10.3. The van der Waals surface area contributed by atoms with Crippen molar-refractivity contribution in [2.75, 3.05) is 0 Å². The van der Waals surface area contributed by atoms with Gasteiger partial charge in [-0.05, 0) is 29.8 Å². The van der Waals surface area contributed by atoms with Crippen molar-refractivity contribution in [3.63, 3.8) is 0 Å². The van der Waals surface area contributed by atoms with Crippen LogP contribution in [-0.4, -0.2) is 14.7 Å². The third-order valence-corrected chi connectivity index (χ3v) is 3.32. The molecule has 4 nitrogen and oxygen atoms in total. The number of fused-ring (bicyclic) bond motifs is 1. The SMILES string of the molecule is N#Cc1ccc(C(O)Cn2cnc3ccccc32)cc1. The molecule has 4 heteroatoms. The van der Waals surface area contributed by atoms with E-state index in [1.165, 1.54) is 0 Å². The Morgan fingerprint density at radius 1 is 1.15 bits per heavy atom.